The molecule has 0 fully saturated rings. The van der Waals surface area contributed by atoms with Crippen molar-refractivity contribution in [3.8, 4) is 5.75 Å². The Kier molecular flexibility index (Phi) is 5.90. The van der Waals surface area contributed by atoms with Crippen LogP contribution in [0.1, 0.15) is 38.3 Å². The van der Waals surface area contributed by atoms with Crippen molar-refractivity contribution in [1.82, 2.24) is 0 Å². The van der Waals surface area contributed by atoms with Crippen LogP contribution in [0.4, 0.5) is 4.79 Å². The molecule has 0 saturated heterocycles. The zero-order valence-electron chi connectivity index (χ0n) is 13.3. The fourth-order valence-corrected chi connectivity index (χ4v) is 2.59. The summed E-state index contributed by atoms with van der Waals surface area (Å²) in [5.74, 6) is 1.09. The molecule has 1 unspecified atom stereocenters. The van der Waals surface area contributed by atoms with Gasteiger partial charge in [0.05, 0.1) is 0 Å². The van der Waals surface area contributed by atoms with Gasteiger partial charge in [0.2, 0.25) is 0 Å². The van der Waals surface area contributed by atoms with Crippen molar-refractivity contribution in [2.75, 3.05) is 6.61 Å². The molecule has 0 aliphatic heterocycles. The first-order valence-corrected chi connectivity index (χ1v) is 7.39. The van der Waals surface area contributed by atoms with E-state index in [-0.39, 0.29) is 6.61 Å². The minimum Gasteiger partial charge on any atom is -0.489 e. The predicted molar refractivity (Wildman–Crippen MR) is 84.9 cm³/mol. The Balaban J connectivity index is 2.86. The summed E-state index contributed by atoms with van der Waals surface area (Å²) in [6, 6.07) is 3.62. The van der Waals surface area contributed by atoms with E-state index in [0.717, 1.165) is 16.9 Å². The summed E-state index contributed by atoms with van der Waals surface area (Å²) in [7, 11) is 0. The van der Waals surface area contributed by atoms with Gasteiger partial charge in [-0.2, -0.15) is 0 Å². The van der Waals surface area contributed by atoms with Crippen molar-refractivity contribution < 1.29 is 14.3 Å². The minimum absolute atomic E-state index is 0.246. The van der Waals surface area contributed by atoms with E-state index in [9.17, 15) is 4.79 Å². The minimum atomic E-state index is -0.786. The van der Waals surface area contributed by atoms with Gasteiger partial charge in [0, 0.05) is 5.02 Å². The van der Waals surface area contributed by atoms with Gasteiger partial charge in [-0.25, -0.2) is 4.79 Å². The van der Waals surface area contributed by atoms with Crippen LogP contribution in [-0.2, 0) is 4.74 Å². The van der Waals surface area contributed by atoms with Crippen LogP contribution < -0.4 is 10.5 Å². The topological polar surface area (TPSA) is 61.6 Å². The van der Waals surface area contributed by atoms with Crippen molar-refractivity contribution in [2.45, 2.75) is 46.6 Å². The van der Waals surface area contributed by atoms with Gasteiger partial charge >= 0.3 is 6.09 Å². The van der Waals surface area contributed by atoms with E-state index >= 15 is 0 Å². The highest BCUT2D eigenvalue weighted by Crippen LogP contribution is 2.29. The average molecular weight is 314 g/mol. The van der Waals surface area contributed by atoms with Crippen molar-refractivity contribution in [1.29, 1.82) is 0 Å². The van der Waals surface area contributed by atoms with Crippen LogP contribution in [0.2, 0.25) is 5.02 Å². The Morgan fingerprint density at radius 1 is 1.33 bits per heavy atom. The smallest absolute Gasteiger partial charge is 0.405 e. The van der Waals surface area contributed by atoms with E-state index in [1.54, 1.807) is 6.07 Å². The molecule has 1 atom stereocenters. The number of hydrogen-bond acceptors (Lipinski definition) is 3. The summed E-state index contributed by atoms with van der Waals surface area (Å²) in [6.07, 6.45) is -0.118. The fourth-order valence-electron chi connectivity index (χ4n) is 2.39. The van der Waals surface area contributed by atoms with Gasteiger partial charge in [-0.15, -0.1) is 0 Å². The summed E-state index contributed by atoms with van der Waals surface area (Å²) in [6.45, 7) is 10.1. The number of rotatable bonds is 6. The molecule has 5 heteroatoms. The van der Waals surface area contributed by atoms with E-state index in [2.05, 4.69) is 13.8 Å². The zero-order valence-corrected chi connectivity index (χ0v) is 14.1. The molecule has 21 heavy (non-hydrogen) atoms. The molecule has 1 amide bonds. The monoisotopic (exact) mass is 313 g/mol. The number of carbonyl (C=O) groups is 1. The maximum absolute atomic E-state index is 11.1. The first-order valence-electron chi connectivity index (χ1n) is 7.01. The Bertz CT molecular complexity index is 516. The van der Waals surface area contributed by atoms with Crippen molar-refractivity contribution >= 4 is 17.7 Å². The van der Waals surface area contributed by atoms with Crippen LogP contribution in [0.3, 0.4) is 0 Å². The molecule has 0 saturated carbocycles. The third kappa shape index (κ3) is 5.12. The number of benzene rings is 1. The summed E-state index contributed by atoms with van der Waals surface area (Å²) in [4.78, 5) is 11.1. The van der Waals surface area contributed by atoms with Crippen molar-refractivity contribution in [2.24, 2.45) is 11.7 Å². The van der Waals surface area contributed by atoms with Crippen LogP contribution >= 0.6 is 11.6 Å². The van der Waals surface area contributed by atoms with Crippen LogP contribution in [0.5, 0.6) is 5.75 Å². The lowest BCUT2D eigenvalue weighted by Gasteiger charge is -2.30. The molecule has 0 aliphatic rings. The SMILES string of the molecule is Cc1c(Cl)ccc(OCC(C)(CC(C)C)OC(N)=O)c1C. The second kappa shape index (κ2) is 7.03. The van der Waals surface area contributed by atoms with Crippen LogP contribution in [0.15, 0.2) is 12.1 Å². The molecule has 118 valence electrons. The van der Waals surface area contributed by atoms with Crippen LogP contribution in [0, 0.1) is 19.8 Å². The third-order valence-corrected chi connectivity index (χ3v) is 3.80. The Hall–Kier alpha value is -1.42. The predicted octanol–water partition coefficient (Wildman–Crippen LogP) is 4.24. The Morgan fingerprint density at radius 3 is 2.48 bits per heavy atom. The molecule has 0 heterocycles. The Morgan fingerprint density at radius 2 is 1.95 bits per heavy atom. The number of carbonyl (C=O) groups excluding carboxylic acids is 1. The lowest BCUT2D eigenvalue weighted by atomic mass is 9.95. The van der Waals surface area contributed by atoms with Gasteiger partial charge in [0.1, 0.15) is 18.0 Å². The number of ether oxygens (including phenoxy) is 2. The van der Waals surface area contributed by atoms with Crippen LogP contribution in [0.25, 0.3) is 0 Å². The number of amides is 1. The molecular weight excluding hydrogens is 290 g/mol. The van der Waals surface area contributed by atoms with Crippen molar-refractivity contribution in [3.63, 3.8) is 0 Å². The highest BCUT2D eigenvalue weighted by Gasteiger charge is 2.30. The van der Waals surface area contributed by atoms with E-state index in [0.29, 0.717) is 17.4 Å². The van der Waals surface area contributed by atoms with E-state index in [1.807, 2.05) is 26.8 Å². The van der Waals surface area contributed by atoms with E-state index in [4.69, 9.17) is 26.8 Å². The quantitative estimate of drug-likeness (QED) is 0.854. The van der Waals surface area contributed by atoms with Gasteiger partial charge in [0.25, 0.3) is 0 Å². The second-order valence-corrected chi connectivity index (χ2v) is 6.46. The lowest BCUT2D eigenvalue weighted by Crippen LogP contribution is -2.41. The van der Waals surface area contributed by atoms with Gasteiger partial charge in [-0.3, -0.25) is 0 Å². The first kappa shape index (κ1) is 17.6. The standard InChI is InChI=1S/C16H24ClNO3/c1-10(2)8-16(5,21-15(18)19)9-20-14-7-6-13(17)11(3)12(14)4/h6-7,10H,8-9H2,1-5H3,(H2,18,19). The lowest BCUT2D eigenvalue weighted by molar-refractivity contribution is -0.0187. The number of primary amides is 1. The Labute approximate surface area is 131 Å². The third-order valence-electron chi connectivity index (χ3n) is 3.39. The molecular formula is C16H24ClNO3. The number of nitrogens with two attached hydrogens (primary N) is 1. The maximum atomic E-state index is 11.1. The zero-order chi connectivity index (χ0) is 16.2. The van der Waals surface area contributed by atoms with E-state index in [1.165, 1.54) is 0 Å². The van der Waals surface area contributed by atoms with Gasteiger partial charge in [-0.1, -0.05) is 25.4 Å². The normalized spacial score (nSPS) is 13.9. The molecule has 0 bridgehead atoms. The summed E-state index contributed by atoms with van der Waals surface area (Å²) < 4.78 is 11.1. The molecule has 4 nitrogen and oxygen atoms in total. The molecule has 1 aromatic rings. The molecule has 0 radical (unpaired) electrons. The van der Waals surface area contributed by atoms with E-state index < -0.39 is 11.7 Å². The maximum Gasteiger partial charge on any atom is 0.405 e. The first-order chi connectivity index (χ1) is 9.64. The van der Waals surface area contributed by atoms with Crippen molar-refractivity contribution in [3.05, 3.63) is 28.3 Å². The summed E-state index contributed by atoms with van der Waals surface area (Å²) in [5.41, 5.74) is 6.37. The molecule has 2 N–H and O–H groups in total. The molecule has 1 rings (SSSR count). The number of halogens is 1. The fraction of sp³-hybridized carbons (Fsp3) is 0.562. The highest BCUT2D eigenvalue weighted by molar-refractivity contribution is 6.31. The highest BCUT2D eigenvalue weighted by atomic mass is 35.5. The average Bonchev–Trinajstić information content (AvgIpc) is 2.33. The molecule has 0 aliphatic carbocycles. The largest absolute Gasteiger partial charge is 0.489 e. The van der Waals surface area contributed by atoms with Gasteiger partial charge < -0.3 is 15.2 Å². The molecule has 0 spiro atoms. The molecule has 1 aromatic carbocycles. The van der Waals surface area contributed by atoms with Crippen LogP contribution in [-0.4, -0.2) is 18.3 Å². The molecule has 0 aromatic heterocycles. The van der Waals surface area contributed by atoms with Gasteiger partial charge in [-0.05, 0) is 56.4 Å². The summed E-state index contributed by atoms with van der Waals surface area (Å²) in [5, 5.41) is 0.707. The van der Waals surface area contributed by atoms with Gasteiger partial charge in [0.15, 0.2) is 0 Å². The summed E-state index contributed by atoms with van der Waals surface area (Å²) >= 11 is 6.07. The number of hydrogen-bond donors (Lipinski definition) is 1. The second-order valence-electron chi connectivity index (χ2n) is 6.05.